The summed E-state index contributed by atoms with van der Waals surface area (Å²) in [6.07, 6.45) is 2.38. The zero-order valence-corrected chi connectivity index (χ0v) is 13.3. The van der Waals surface area contributed by atoms with Crippen molar-refractivity contribution in [2.24, 2.45) is 0 Å². The number of carbonyl (C=O) groups excluding carboxylic acids is 1. The normalized spacial score (nSPS) is 12.6. The van der Waals surface area contributed by atoms with Crippen LogP contribution in [0.4, 0.5) is 0 Å². The van der Waals surface area contributed by atoms with Gasteiger partial charge in [-0.2, -0.15) is 5.10 Å². The van der Waals surface area contributed by atoms with Crippen molar-refractivity contribution in [1.82, 2.24) is 24.8 Å². The monoisotopic (exact) mass is 289 g/mol. The molecule has 6 heteroatoms. The van der Waals surface area contributed by atoms with Gasteiger partial charge in [0.2, 0.25) is 5.91 Å². The summed E-state index contributed by atoms with van der Waals surface area (Å²) >= 11 is 0. The van der Waals surface area contributed by atoms with Gasteiger partial charge < -0.3 is 10.2 Å². The fraction of sp³-hybridized carbons (Fsp3) is 0.533. The molecule has 1 amide bonds. The van der Waals surface area contributed by atoms with Crippen LogP contribution in [0.2, 0.25) is 0 Å². The number of carbonyl (C=O) groups is 1. The Morgan fingerprint density at radius 2 is 2.14 bits per heavy atom. The Kier molecular flexibility index (Phi) is 4.57. The van der Waals surface area contributed by atoms with Crippen molar-refractivity contribution in [3.05, 3.63) is 29.2 Å². The molecule has 0 saturated heterocycles. The SMILES string of the molecule is Cc1cc2ncc(C(C)NCCC(=O)N(C)C)c(C)n2n1. The van der Waals surface area contributed by atoms with Crippen LogP contribution in [0.25, 0.3) is 5.65 Å². The van der Waals surface area contributed by atoms with Crippen LogP contribution in [0.5, 0.6) is 0 Å². The minimum Gasteiger partial charge on any atom is -0.349 e. The summed E-state index contributed by atoms with van der Waals surface area (Å²) in [6.45, 7) is 6.72. The largest absolute Gasteiger partial charge is 0.349 e. The third-order valence-electron chi connectivity index (χ3n) is 3.64. The van der Waals surface area contributed by atoms with E-state index in [1.165, 1.54) is 0 Å². The number of aryl methyl sites for hydroxylation is 2. The average molecular weight is 289 g/mol. The third-order valence-corrected chi connectivity index (χ3v) is 3.64. The number of fused-ring (bicyclic) bond motifs is 1. The molecular weight excluding hydrogens is 266 g/mol. The second-order valence-corrected chi connectivity index (χ2v) is 5.57. The molecule has 0 fully saturated rings. The van der Waals surface area contributed by atoms with Crippen molar-refractivity contribution in [1.29, 1.82) is 0 Å². The van der Waals surface area contributed by atoms with Crippen LogP contribution < -0.4 is 5.32 Å². The van der Waals surface area contributed by atoms with Crippen LogP contribution in [0.15, 0.2) is 12.3 Å². The molecule has 0 aliphatic rings. The molecule has 2 aromatic rings. The third kappa shape index (κ3) is 3.39. The lowest BCUT2D eigenvalue weighted by Gasteiger charge is -2.17. The lowest BCUT2D eigenvalue weighted by Crippen LogP contribution is -2.28. The number of nitrogens with one attached hydrogen (secondary N) is 1. The molecule has 0 radical (unpaired) electrons. The Hall–Kier alpha value is -1.95. The van der Waals surface area contributed by atoms with Gasteiger partial charge in [-0.25, -0.2) is 9.50 Å². The van der Waals surface area contributed by atoms with Crippen molar-refractivity contribution in [3.8, 4) is 0 Å². The molecule has 0 aliphatic carbocycles. The summed E-state index contributed by atoms with van der Waals surface area (Å²) in [5.41, 5.74) is 4.00. The highest BCUT2D eigenvalue weighted by atomic mass is 16.2. The summed E-state index contributed by atoms with van der Waals surface area (Å²) in [6, 6.07) is 2.09. The molecule has 114 valence electrons. The van der Waals surface area contributed by atoms with Gasteiger partial charge in [-0.05, 0) is 20.8 Å². The minimum absolute atomic E-state index is 0.126. The number of aromatic nitrogens is 3. The van der Waals surface area contributed by atoms with E-state index in [0.717, 1.165) is 22.6 Å². The number of hydrogen-bond donors (Lipinski definition) is 1. The van der Waals surface area contributed by atoms with Crippen molar-refractivity contribution in [2.45, 2.75) is 33.2 Å². The van der Waals surface area contributed by atoms with Crippen LogP contribution in [0.3, 0.4) is 0 Å². The van der Waals surface area contributed by atoms with Gasteiger partial charge in [0.05, 0.1) is 5.69 Å². The van der Waals surface area contributed by atoms with E-state index in [0.29, 0.717) is 13.0 Å². The second kappa shape index (κ2) is 6.22. The molecule has 0 bridgehead atoms. The lowest BCUT2D eigenvalue weighted by molar-refractivity contribution is -0.128. The molecule has 0 aliphatic heterocycles. The summed E-state index contributed by atoms with van der Waals surface area (Å²) in [5.74, 6) is 0.128. The van der Waals surface area contributed by atoms with Crippen molar-refractivity contribution >= 4 is 11.6 Å². The van der Waals surface area contributed by atoms with E-state index in [-0.39, 0.29) is 11.9 Å². The zero-order valence-electron chi connectivity index (χ0n) is 13.3. The fourth-order valence-electron chi connectivity index (χ4n) is 2.33. The summed E-state index contributed by atoms with van der Waals surface area (Å²) in [7, 11) is 3.54. The van der Waals surface area contributed by atoms with Gasteiger partial charge in [0, 0.05) is 56.6 Å². The Labute approximate surface area is 125 Å². The molecule has 21 heavy (non-hydrogen) atoms. The highest BCUT2D eigenvalue weighted by Crippen LogP contribution is 2.17. The summed E-state index contributed by atoms with van der Waals surface area (Å²) < 4.78 is 1.87. The van der Waals surface area contributed by atoms with Crippen LogP contribution in [0.1, 0.15) is 36.3 Å². The molecule has 2 rings (SSSR count). The molecule has 1 unspecified atom stereocenters. The summed E-state index contributed by atoms with van der Waals surface area (Å²) in [4.78, 5) is 17.6. The quantitative estimate of drug-likeness (QED) is 0.905. The van der Waals surface area contributed by atoms with Gasteiger partial charge in [0.15, 0.2) is 5.65 Å². The van der Waals surface area contributed by atoms with E-state index in [1.807, 2.05) is 30.6 Å². The van der Waals surface area contributed by atoms with E-state index in [2.05, 4.69) is 22.3 Å². The number of nitrogens with zero attached hydrogens (tertiary/aromatic N) is 4. The Bertz CT molecular complexity index is 647. The van der Waals surface area contributed by atoms with E-state index in [9.17, 15) is 4.79 Å². The highest BCUT2D eigenvalue weighted by Gasteiger charge is 2.13. The van der Waals surface area contributed by atoms with Crippen LogP contribution in [-0.2, 0) is 4.79 Å². The molecular formula is C15H23N5O. The van der Waals surface area contributed by atoms with Crippen molar-refractivity contribution in [2.75, 3.05) is 20.6 Å². The maximum atomic E-state index is 11.6. The molecule has 0 saturated carbocycles. The number of hydrogen-bond acceptors (Lipinski definition) is 4. The van der Waals surface area contributed by atoms with Crippen LogP contribution in [0, 0.1) is 13.8 Å². The van der Waals surface area contributed by atoms with Crippen molar-refractivity contribution < 1.29 is 4.79 Å². The van der Waals surface area contributed by atoms with E-state index < -0.39 is 0 Å². The Morgan fingerprint density at radius 1 is 1.43 bits per heavy atom. The first kappa shape index (κ1) is 15.4. The lowest BCUT2D eigenvalue weighted by atomic mass is 10.1. The second-order valence-electron chi connectivity index (χ2n) is 5.57. The standard InChI is InChI=1S/C15H23N5O/c1-10-8-14-17-9-13(12(3)20(14)18-10)11(2)16-7-6-15(21)19(4)5/h8-9,11,16H,6-7H2,1-5H3. The summed E-state index contributed by atoms with van der Waals surface area (Å²) in [5, 5.41) is 7.82. The zero-order chi connectivity index (χ0) is 15.6. The molecule has 6 nitrogen and oxygen atoms in total. The van der Waals surface area contributed by atoms with Crippen LogP contribution >= 0.6 is 0 Å². The number of amides is 1. The first-order valence-electron chi connectivity index (χ1n) is 7.15. The Morgan fingerprint density at radius 3 is 2.81 bits per heavy atom. The van der Waals surface area contributed by atoms with E-state index in [4.69, 9.17) is 0 Å². The molecule has 2 aromatic heterocycles. The van der Waals surface area contributed by atoms with E-state index in [1.54, 1.807) is 19.0 Å². The molecule has 1 atom stereocenters. The molecule has 0 aromatic carbocycles. The predicted octanol–water partition coefficient (Wildman–Crippen LogP) is 1.48. The van der Waals surface area contributed by atoms with E-state index >= 15 is 0 Å². The van der Waals surface area contributed by atoms with Gasteiger partial charge in [-0.15, -0.1) is 0 Å². The first-order chi connectivity index (χ1) is 9.90. The van der Waals surface area contributed by atoms with Crippen LogP contribution in [-0.4, -0.2) is 46.0 Å². The van der Waals surface area contributed by atoms with Crippen molar-refractivity contribution in [3.63, 3.8) is 0 Å². The van der Waals surface area contributed by atoms with Gasteiger partial charge in [-0.3, -0.25) is 4.79 Å². The topological polar surface area (TPSA) is 62.5 Å². The Balaban J connectivity index is 2.07. The molecule has 1 N–H and O–H groups in total. The maximum absolute atomic E-state index is 11.6. The number of rotatable bonds is 5. The smallest absolute Gasteiger partial charge is 0.223 e. The fourth-order valence-corrected chi connectivity index (χ4v) is 2.33. The minimum atomic E-state index is 0.126. The maximum Gasteiger partial charge on any atom is 0.223 e. The predicted molar refractivity (Wildman–Crippen MR) is 82.2 cm³/mol. The van der Waals surface area contributed by atoms with Gasteiger partial charge in [-0.1, -0.05) is 0 Å². The molecule has 2 heterocycles. The molecule has 0 spiro atoms. The first-order valence-corrected chi connectivity index (χ1v) is 7.15. The van der Waals surface area contributed by atoms with Gasteiger partial charge in [0.1, 0.15) is 0 Å². The van der Waals surface area contributed by atoms with Gasteiger partial charge >= 0.3 is 0 Å². The van der Waals surface area contributed by atoms with Gasteiger partial charge in [0.25, 0.3) is 0 Å². The average Bonchev–Trinajstić information content (AvgIpc) is 2.80. The highest BCUT2D eigenvalue weighted by molar-refractivity contribution is 5.75.